The summed E-state index contributed by atoms with van der Waals surface area (Å²) in [4.78, 5) is 12.4. The summed E-state index contributed by atoms with van der Waals surface area (Å²) in [6.07, 6.45) is 4.47. The van der Waals surface area contributed by atoms with Gasteiger partial charge in [0.15, 0.2) is 0 Å². The normalized spacial score (nSPS) is 10.9. The first-order chi connectivity index (χ1) is 13.1. The van der Waals surface area contributed by atoms with Crippen molar-refractivity contribution < 1.29 is 4.39 Å². The Morgan fingerprint density at radius 3 is 2.96 bits per heavy atom. The third kappa shape index (κ3) is 2.71. The van der Waals surface area contributed by atoms with Crippen LogP contribution in [0.5, 0.6) is 0 Å². The van der Waals surface area contributed by atoms with Crippen LogP contribution in [-0.2, 0) is 13.6 Å². The first-order valence-electron chi connectivity index (χ1n) is 7.97. The third-order valence-corrected chi connectivity index (χ3v) is 4.27. The number of hydrogen-bond donors (Lipinski definition) is 3. The first kappa shape index (κ1) is 16.5. The topological polar surface area (TPSA) is 134 Å². The van der Waals surface area contributed by atoms with Crippen LogP contribution in [0.4, 0.5) is 16.0 Å². The van der Waals surface area contributed by atoms with E-state index in [9.17, 15) is 9.65 Å². The molecule has 3 heterocycles. The molecule has 0 saturated carbocycles. The number of aromatic nitrogens is 6. The SMILES string of the molecule is Cn1c(CNc2ncnc(N)c2C#N)nc2ccc(F)c(-c3cn[nH]c3)c21. The number of H-pyrrole nitrogens is 1. The van der Waals surface area contributed by atoms with Gasteiger partial charge in [-0.1, -0.05) is 0 Å². The molecule has 0 aliphatic rings. The number of nitrogens with one attached hydrogen (secondary N) is 2. The van der Waals surface area contributed by atoms with E-state index in [1.54, 1.807) is 30.1 Å². The van der Waals surface area contributed by atoms with E-state index in [4.69, 9.17) is 5.73 Å². The molecule has 27 heavy (non-hydrogen) atoms. The summed E-state index contributed by atoms with van der Waals surface area (Å²) >= 11 is 0. The van der Waals surface area contributed by atoms with Crippen LogP contribution in [-0.4, -0.2) is 29.7 Å². The average molecular weight is 363 g/mol. The highest BCUT2D eigenvalue weighted by Gasteiger charge is 2.18. The molecule has 0 aliphatic heterocycles. The van der Waals surface area contributed by atoms with Gasteiger partial charge in [-0.15, -0.1) is 0 Å². The number of benzene rings is 1. The molecular weight excluding hydrogens is 349 g/mol. The molecule has 4 rings (SSSR count). The van der Waals surface area contributed by atoms with E-state index < -0.39 is 0 Å². The van der Waals surface area contributed by atoms with Gasteiger partial charge in [0.2, 0.25) is 0 Å². The molecule has 0 unspecified atom stereocenters. The quantitative estimate of drug-likeness (QED) is 0.504. The van der Waals surface area contributed by atoms with E-state index in [2.05, 4.69) is 30.5 Å². The van der Waals surface area contributed by atoms with Crippen molar-refractivity contribution in [2.75, 3.05) is 11.1 Å². The zero-order chi connectivity index (χ0) is 19.0. The lowest BCUT2D eigenvalue weighted by Crippen LogP contribution is -2.10. The van der Waals surface area contributed by atoms with Crippen LogP contribution in [0.3, 0.4) is 0 Å². The Balaban J connectivity index is 1.75. The predicted octanol–water partition coefficient (Wildman–Crippen LogP) is 1.96. The molecule has 0 atom stereocenters. The number of rotatable bonds is 4. The fraction of sp³-hybridized carbons (Fsp3) is 0.118. The van der Waals surface area contributed by atoms with E-state index in [1.807, 2.05) is 6.07 Å². The molecule has 1 aromatic carbocycles. The molecule has 0 spiro atoms. The van der Waals surface area contributed by atoms with Crippen LogP contribution >= 0.6 is 0 Å². The van der Waals surface area contributed by atoms with E-state index in [-0.39, 0.29) is 23.7 Å². The van der Waals surface area contributed by atoms with Crippen LogP contribution in [0.15, 0.2) is 30.9 Å². The van der Waals surface area contributed by atoms with Crippen LogP contribution in [0.1, 0.15) is 11.4 Å². The third-order valence-electron chi connectivity index (χ3n) is 4.27. The summed E-state index contributed by atoms with van der Waals surface area (Å²) in [7, 11) is 1.80. The standard InChI is InChI=1S/C17H14FN9/c1-27-13(7-21-17-10(4-19)16(20)22-8-23-17)26-12-3-2-11(18)14(15(12)27)9-5-24-25-6-9/h2-3,5-6,8H,7H2,1H3,(H,24,25)(H3,20,21,22,23). The fourth-order valence-corrected chi connectivity index (χ4v) is 2.95. The minimum absolute atomic E-state index is 0.101. The van der Waals surface area contributed by atoms with Gasteiger partial charge in [0.25, 0.3) is 0 Å². The van der Waals surface area contributed by atoms with Crippen molar-refractivity contribution in [2.24, 2.45) is 7.05 Å². The van der Waals surface area contributed by atoms with Gasteiger partial charge in [0.1, 0.15) is 41.2 Å². The molecule has 0 amide bonds. The highest BCUT2D eigenvalue weighted by molar-refractivity contribution is 5.92. The smallest absolute Gasteiger partial charge is 0.149 e. The number of nitrogens with zero attached hydrogens (tertiary/aromatic N) is 6. The second kappa shape index (κ2) is 6.38. The number of nitriles is 1. The Hall–Kier alpha value is -4.00. The van der Waals surface area contributed by atoms with Gasteiger partial charge in [-0.05, 0) is 12.1 Å². The molecule has 4 aromatic rings. The molecule has 10 heteroatoms. The van der Waals surface area contributed by atoms with Gasteiger partial charge in [-0.25, -0.2) is 19.3 Å². The van der Waals surface area contributed by atoms with Crippen LogP contribution in [0.2, 0.25) is 0 Å². The lowest BCUT2D eigenvalue weighted by atomic mass is 10.1. The molecule has 3 aromatic heterocycles. The number of hydrogen-bond acceptors (Lipinski definition) is 7. The Bertz CT molecular complexity index is 1170. The lowest BCUT2D eigenvalue weighted by molar-refractivity contribution is 0.632. The Morgan fingerprint density at radius 1 is 1.37 bits per heavy atom. The molecule has 4 N–H and O–H groups in total. The summed E-state index contributed by atoms with van der Waals surface area (Å²) < 4.78 is 16.3. The molecule has 9 nitrogen and oxygen atoms in total. The van der Waals surface area contributed by atoms with Crippen molar-refractivity contribution in [3.63, 3.8) is 0 Å². The van der Waals surface area contributed by atoms with E-state index in [0.717, 1.165) is 0 Å². The number of nitrogens with two attached hydrogens (primary N) is 1. The van der Waals surface area contributed by atoms with Crippen LogP contribution < -0.4 is 11.1 Å². The molecule has 0 radical (unpaired) electrons. The second-order valence-corrected chi connectivity index (χ2v) is 5.81. The van der Waals surface area contributed by atoms with Crippen molar-refractivity contribution in [3.8, 4) is 17.2 Å². The second-order valence-electron chi connectivity index (χ2n) is 5.81. The van der Waals surface area contributed by atoms with Crippen molar-refractivity contribution >= 4 is 22.7 Å². The van der Waals surface area contributed by atoms with E-state index in [1.165, 1.54) is 12.4 Å². The fourth-order valence-electron chi connectivity index (χ4n) is 2.95. The van der Waals surface area contributed by atoms with E-state index >= 15 is 0 Å². The summed E-state index contributed by atoms with van der Waals surface area (Å²) in [6.45, 7) is 0.267. The Morgan fingerprint density at radius 2 is 2.22 bits per heavy atom. The summed E-state index contributed by atoms with van der Waals surface area (Å²) in [5, 5.41) is 18.9. The van der Waals surface area contributed by atoms with Crippen LogP contribution in [0.25, 0.3) is 22.2 Å². The molecule has 134 valence electrons. The van der Waals surface area contributed by atoms with Crippen molar-refractivity contribution in [2.45, 2.75) is 6.54 Å². The Kier molecular flexibility index (Phi) is 3.89. The zero-order valence-corrected chi connectivity index (χ0v) is 14.2. The monoisotopic (exact) mass is 363 g/mol. The lowest BCUT2D eigenvalue weighted by Gasteiger charge is -2.09. The van der Waals surface area contributed by atoms with Gasteiger partial charge in [0.05, 0.1) is 23.8 Å². The minimum Gasteiger partial charge on any atom is -0.382 e. The molecule has 0 aliphatic carbocycles. The van der Waals surface area contributed by atoms with Gasteiger partial charge < -0.3 is 15.6 Å². The van der Waals surface area contributed by atoms with Gasteiger partial charge >= 0.3 is 0 Å². The van der Waals surface area contributed by atoms with Gasteiger partial charge in [-0.2, -0.15) is 10.4 Å². The van der Waals surface area contributed by atoms with Crippen molar-refractivity contribution in [1.29, 1.82) is 5.26 Å². The molecule has 0 saturated heterocycles. The summed E-state index contributed by atoms with van der Waals surface area (Å²) in [5.41, 5.74) is 8.22. The number of imidazole rings is 1. The number of anilines is 2. The predicted molar refractivity (Wildman–Crippen MR) is 96.7 cm³/mol. The maximum atomic E-state index is 14.5. The van der Waals surface area contributed by atoms with Crippen molar-refractivity contribution in [3.05, 3.63) is 48.1 Å². The molecule has 0 fully saturated rings. The number of aryl methyl sites for hydroxylation is 1. The van der Waals surface area contributed by atoms with Gasteiger partial charge in [-0.3, -0.25) is 5.10 Å². The maximum absolute atomic E-state index is 14.5. The maximum Gasteiger partial charge on any atom is 0.149 e. The highest BCUT2D eigenvalue weighted by Crippen LogP contribution is 2.31. The van der Waals surface area contributed by atoms with Gasteiger partial charge in [0, 0.05) is 24.4 Å². The zero-order valence-electron chi connectivity index (χ0n) is 14.2. The minimum atomic E-state index is -0.359. The summed E-state index contributed by atoms with van der Waals surface area (Å²) in [5.74, 6) is 0.700. The number of aromatic amines is 1. The summed E-state index contributed by atoms with van der Waals surface area (Å²) in [6, 6.07) is 4.99. The molecular formula is C17H14FN9. The average Bonchev–Trinajstić information content (AvgIpc) is 3.29. The molecule has 0 bridgehead atoms. The number of nitrogen functional groups attached to an aromatic ring is 1. The Labute approximate surface area is 152 Å². The largest absolute Gasteiger partial charge is 0.382 e. The highest BCUT2D eigenvalue weighted by atomic mass is 19.1. The van der Waals surface area contributed by atoms with Crippen molar-refractivity contribution in [1.82, 2.24) is 29.7 Å². The van der Waals surface area contributed by atoms with E-state index in [0.29, 0.717) is 33.8 Å². The first-order valence-corrected chi connectivity index (χ1v) is 7.97. The number of halogens is 1. The van der Waals surface area contributed by atoms with Crippen LogP contribution in [0, 0.1) is 17.1 Å². The number of fused-ring (bicyclic) bond motifs is 1.